The first-order valence-electron chi connectivity index (χ1n) is 4.40. The average molecular weight is 201 g/mol. The van der Waals surface area contributed by atoms with Crippen LogP contribution in [0.2, 0.25) is 0 Å². The molecule has 0 saturated carbocycles. The van der Waals surface area contributed by atoms with Crippen molar-refractivity contribution >= 4 is 0 Å². The third kappa shape index (κ3) is 1.21. The summed E-state index contributed by atoms with van der Waals surface area (Å²) in [4.78, 5) is 0. The van der Waals surface area contributed by atoms with Gasteiger partial charge < -0.3 is 5.73 Å². The second kappa shape index (κ2) is 2.98. The molecule has 1 atom stereocenters. The SMILES string of the molecule is NC1(C(F)F)CCc2cc(F)ccc21. The van der Waals surface area contributed by atoms with Crippen LogP contribution in [0.15, 0.2) is 18.2 Å². The lowest BCUT2D eigenvalue weighted by molar-refractivity contribution is 0.0527. The molecule has 0 heterocycles. The molecular weight excluding hydrogens is 191 g/mol. The van der Waals surface area contributed by atoms with E-state index < -0.39 is 17.8 Å². The highest BCUT2D eigenvalue weighted by Crippen LogP contribution is 2.39. The maximum absolute atomic E-state index is 12.8. The molecule has 1 aromatic carbocycles. The molecule has 14 heavy (non-hydrogen) atoms. The molecule has 0 aliphatic heterocycles. The van der Waals surface area contributed by atoms with E-state index in [0.717, 1.165) is 0 Å². The maximum atomic E-state index is 12.8. The van der Waals surface area contributed by atoms with Crippen molar-refractivity contribution < 1.29 is 13.2 Å². The van der Waals surface area contributed by atoms with Crippen LogP contribution in [0.4, 0.5) is 13.2 Å². The zero-order valence-corrected chi connectivity index (χ0v) is 7.43. The Morgan fingerprint density at radius 3 is 2.71 bits per heavy atom. The van der Waals surface area contributed by atoms with Gasteiger partial charge in [0.05, 0.1) is 0 Å². The third-order valence-electron chi connectivity index (χ3n) is 2.77. The van der Waals surface area contributed by atoms with E-state index >= 15 is 0 Å². The molecule has 0 fully saturated rings. The van der Waals surface area contributed by atoms with Gasteiger partial charge in [0.25, 0.3) is 6.43 Å². The number of alkyl halides is 2. The summed E-state index contributed by atoms with van der Waals surface area (Å²) in [5, 5.41) is 0. The van der Waals surface area contributed by atoms with Gasteiger partial charge in [0.1, 0.15) is 11.4 Å². The molecule has 0 aromatic heterocycles. The molecule has 2 N–H and O–H groups in total. The van der Waals surface area contributed by atoms with Crippen molar-refractivity contribution in [2.45, 2.75) is 24.8 Å². The lowest BCUT2D eigenvalue weighted by Crippen LogP contribution is -2.41. The van der Waals surface area contributed by atoms with E-state index in [1.54, 1.807) is 0 Å². The van der Waals surface area contributed by atoms with Crippen molar-refractivity contribution in [2.24, 2.45) is 5.73 Å². The smallest absolute Gasteiger partial charge is 0.260 e. The first-order chi connectivity index (χ1) is 6.54. The van der Waals surface area contributed by atoms with Gasteiger partial charge in [-0.2, -0.15) is 0 Å². The fourth-order valence-corrected chi connectivity index (χ4v) is 1.93. The molecule has 4 heteroatoms. The summed E-state index contributed by atoms with van der Waals surface area (Å²) in [5.74, 6) is -0.401. The molecule has 0 spiro atoms. The van der Waals surface area contributed by atoms with Crippen LogP contribution in [0.3, 0.4) is 0 Å². The van der Waals surface area contributed by atoms with Crippen molar-refractivity contribution in [3.63, 3.8) is 0 Å². The van der Waals surface area contributed by atoms with E-state index in [0.29, 0.717) is 17.5 Å². The molecule has 0 bridgehead atoms. The molecule has 1 aromatic rings. The van der Waals surface area contributed by atoms with Gasteiger partial charge >= 0.3 is 0 Å². The van der Waals surface area contributed by atoms with Crippen molar-refractivity contribution in [3.05, 3.63) is 35.1 Å². The lowest BCUT2D eigenvalue weighted by atomic mass is 9.94. The van der Waals surface area contributed by atoms with Crippen LogP contribution >= 0.6 is 0 Å². The summed E-state index contributed by atoms with van der Waals surface area (Å²) in [6.45, 7) is 0. The van der Waals surface area contributed by atoms with E-state index in [1.807, 2.05) is 0 Å². The Balaban J connectivity index is 2.49. The second-order valence-electron chi connectivity index (χ2n) is 3.64. The number of hydrogen-bond donors (Lipinski definition) is 1. The Kier molecular flexibility index (Phi) is 2.03. The summed E-state index contributed by atoms with van der Waals surface area (Å²) in [6, 6.07) is 3.82. The van der Waals surface area contributed by atoms with Gasteiger partial charge in [-0.25, -0.2) is 13.2 Å². The summed E-state index contributed by atoms with van der Waals surface area (Å²) in [7, 11) is 0. The van der Waals surface area contributed by atoms with E-state index in [1.165, 1.54) is 18.2 Å². The summed E-state index contributed by atoms with van der Waals surface area (Å²) < 4.78 is 38.2. The van der Waals surface area contributed by atoms with Gasteiger partial charge in [-0.15, -0.1) is 0 Å². The average Bonchev–Trinajstić information content (AvgIpc) is 2.45. The van der Waals surface area contributed by atoms with E-state index in [4.69, 9.17) is 5.73 Å². The summed E-state index contributed by atoms with van der Waals surface area (Å²) in [6.07, 6.45) is -1.99. The quantitative estimate of drug-likeness (QED) is 0.740. The standard InChI is InChI=1S/C10H10F3N/c11-7-1-2-8-6(5-7)3-4-10(8,14)9(12)13/h1-2,5,9H,3-4,14H2. The molecule has 0 saturated heterocycles. The number of fused-ring (bicyclic) bond motifs is 1. The fraction of sp³-hybridized carbons (Fsp3) is 0.400. The number of nitrogens with two attached hydrogens (primary N) is 1. The van der Waals surface area contributed by atoms with E-state index in [9.17, 15) is 13.2 Å². The minimum atomic E-state index is -2.60. The highest BCUT2D eigenvalue weighted by Gasteiger charge is 2.42. The Bertz CT molecular complexity index is 364. The van der Waals surface area contributed by atoms with Crippen LogP contribution in [0, 0.1) is 5.82 Å². The van der Waals surface area contributed by atoms with Crippen LogP contribution in [-0.2, 0) is 12.0 Å². The Labute approximate surface area is 79.7 Å². The number of aryl methyl sites for hydroxylation is 1. The normalized spacial score (nSPS) is 25.5. The fourth-order valence-electron chi connectivity index (χ4n) is 1.93. The topological polar surface area (TPSA) is 26.0 Å². The molecule has 2 rings (SSSR count). The zero-order chi connectivity index (χ0) is 10.3. The Hall–Kier alpha value is -1.03. The zero-order valence-electron chi connectivity index (χ0n) is 7.43. The number of halogens is 3. The lowest BCUT2D eigenvalue weighted by Gasteiger charge is -2.23. The van der Waals surface area contributed by atoms with Crippen molar-refractivity contribution in [2.75, 3.05) is 0 Å². The molecule has 1 unspecified atom stereocenters. The third-order valence-corrected chi connectivity index (χ3v) is 2.77. The number of rotatable bonds is 1. The van der Waals surface area contributed by atoms with Crippen LogP contribution in [0.5, 0.6) is 0 Å². The van der Waals surface area contributed by atoms with E-state index in [-0.39, 0.29) is 6.42 Å². The second-order valence-corrected chi connectivity index (χ2v) is 3.64. The minimum absolute atomic E-state index is 0.184. The van der Waals surface area contributed by atoms with Gasteiger partial charge in [-0.05, 0) is 36.1 Å². The highest BCUT2D eigenvalue weighted by atomic mass is 19.3. The Morgan fingerprint density at radius 2 is 2.07 bits per heavy atom. The molecule has 76 valence electrons. The largest absolute Gasteiger partial charge is 0.317 e. The predicted octanol–water partition coefficient (Wildman–Crippen LogP) is 2.19. The van der Waals surface area contributed by atoms with Gasteiger partial charge in [0.2, 0.25) is 0 Å². The van der Waals surface area contributed by atoms with Crippen molar-refractivity contribution in [1.29, 1.82) is 0 Å². The number of hydrogen-bond acceptors (Lipinski definition) is 1. The van der Waals surface area contributed by atoms with Crippen LogP contribution in [0.1, 0.15) is 17.5 Å². The molecule has 0 radical (unpaired) electrons. The first kappa shape index (κ1) is 9.52. The van der Waals surface area contributed by atoms with E-state index in [2.05, 4.69) is 0 Å². The van der Waals surface area contributed by atoms with Crippen LogP contribution in [0.25, 0.3) is 0 Å². The van der Waals surface area contributed by atoms with Gasteiger partial charge in [0, 0.05) is 0 Å². The molecule has 0 amide bonds. The monoisotopic (exact) mass is 201 g/mol. The van der Waals surface area contributed by atoms with Gasteiger partial charge in [-0.1, -0.05) is 6.07 Å². The minimum Gasteiger partial charge on any atom is -0.317 e. The Morgan fingerprint density at radius 1 is 1.36 bits per heavy atom. The summed E-state index contributed by atoms with van der Waals surface area (Å²) in [5.41, 5.74) is 5.00. The van der Waals surface area contributed by atoms with Gasteiger partial charge in [-0.3, -0.25) is 0 Å². The molecule has 1 nitrogen and oxygen atoms in total. The predicted molar refractivity (Wildman–Crippen MR) is 46.6 cm³/mol. The van der Waals surface area contributed by atoms with Crippen LogP contribution in [-0.4, -0.2) is 6.43 Å². The van der Waals surface area contributed by atoms with Crippen LogP contribution < -0.4 is 5.73 Å². The molecule has 1 aliphatic rings. The highest BCUT2D eigenvalue weighted by molar-refractivity contribution is 5.39. The first-order valence-corrected chi connectivity index (χ1v) is 4.40. The van der Waals surface area contributed by atoms with Crippen molar-refractivity contribution in [3.8, 4) is 0 Å². The number of benzene rings is 1. The van der Waals surface area contributed by atoms with Crippen molar-refractivity contribution in [1.82, 2.24) is 0 Å². The molecular formula is C10H10F3N. The molecule has 1 aliphatic carbocycles. The summed E-state index contributed by atoms with van der Waals surface area (Å²) >= 11 is 0. The van der Waals surface area contributed by atoms with Gasteiger partial charge in [0.15, 0.2) is 0 Å². The maximum Gasteiger partial charge on any atom is 0.260 e.